The SMILES string of the molecule is Cn1ncc(N)c1C(=O)NCc1cc(Br)cc2c1OCC2. The largest absolute Gasteiger partial charge is 0.493 e. The molecule has 1 amide bonds. The second kappa shape index (κ2) is 5.40. The predicted molar refractivity (Wildman–Crippen MR) is 82.1 cm³/mol. The molecule has 0 saturated heterocycles. The number of nitrogens with two attached hydrogens (primary N) is 1. The van der Waals surface area contributed by atoms with Crippen molar-refractivity contribution in [2.75, 3.05) is 12.3 Å². The number of ether oxygens (including phenoxy) is 1. The first kappa shape index (κ1) is 13.9. The smallest absolute Gasteiger partial charge is 0.271 e. The monoisotopic (exact) mass is 350 g/mol. The van der Waals surface area contributed by atoms with Crippen LogP contribution in [0.5, 0.6) is 5.75 Å². The standard InChI is InChI=1S/C14H15BrN4O2/c1-19-12(11(16)7-18-19)14(20)17-6-9-5-10(15)4-8-2-3-21-13(8)9/h4-5,7H,2-3,6,16H2,1H3,(H,17,20). The third-order valence-electron chi connectivity index (χ3n) is 3.45. The Labute approximate surface area is 130 Å². The van der Waals surface area contributed by atoms with E-state index in [4.69, 9.17) is 10.5 Å². The molecule has 0 spiro atoms. The molecular weight excluding hydrogens is 336 g/mol. The van der Waals surface area contributed by atoms with Crippen LogP contribution in [0.25, 0.3) is 0 Å². The zero-order valence-corrected chi connectivity index (χ0v) is 13.1. The number of fused-ring (bicyclic) bond motifs is 1. The van der Waals surface area contributed by atoms with Gasteiger partial charge in [-0.25, -0.2) is 0 Å². The molecule has 3 N–H and O–H groups in total. The third kappa shape index (κ3) is 2.61. The maximum absolute atomic E-state index is 12.2. The Balaban J connectivity index is 1.78. The normalized spacial score (nSPS) is 12.9. The summed E-state index contributed by atoms with van der Waals surface area (Å²) in [6, 6.07) is 4.00. The van der Waals surface area contributed by atoms with Crippen molar-refractivity contribution in [2.45, 2.75) is 13.0 Å². The Morgan fingerprint density at radius 2 is 2.38 bits per heavy atom. The highest BCUT2D eigenvalue weighted by molar-refractivity contribution is 9.10. The van der Waals surface area contributed by atoms with E-state index in [0.717, 1.165) is 27.8 Å². The molecule has 3 rings (SSSR count). The minimum Gasteiger partial charge on any atom is -0.493 e. The van der Waals surface area contributed by atoms with Gasteiger partial charge in [-0.05, 0) is 17.7 Å². The molecule has 110 valence electrons. The van der Waals surface area contributed by atoms with Crippen molar-refractivity contribution in [1.82, 2.24) is 15.1 Å². The summed E-state index contributed by atoms with van der Waals surface area (Å²) in [6.45, 7) is 1.06. The lowest BCUT2D eigenvalue weighted by Crippen LogP contribution is -2.26. The molecule has 0 bridgehead atoms. The minimum atomic E-state index is -0.251. The molecule has 6 nitrogen and oxygen atoms in total. The summed E-state index contributed by atoms with van der Waals surface area (Å²) in [6.07, 6.45) is 2.36. The average Bonchev–Trinajstić information content (AvgIpc) is 3.02. The number of carbonyl (C=O) groups excluding carboxylic acids is 1. The van der Waals surface area contributed by atoms with Crippen LogP contribution in [-0.2, 0) is 20.0 Å². The van der Waals surface area contributed by atoms with Crippen LogP contribution in [0, 0.1) is 0 Å². The number of hydrogen-bond donors (Lipinski definition) is 2. The number of rotatable bonds is 3. The summed E-state index contributed by atoms with van der Waals surface area (Å²) < 4.78 is 8.09. The molecule has 0 unspecified atom stereocenters. The number of nitrogen functional groups attached to an aromatic ring is 1. The quantitative estimate of drug-likeness (QED) is 0.881. The summed E-state index contributed by atoms with van der Waals surface area (Å²) in [4.78, 5) is 12.2. The molecule has 21 heavy (non-hydrogen) atoms. The summed E-state index contributed by atoms with van der Waals surface area (Å²) in [7, 11) is 1.69. The Kier molecular flexibility index (Phi) is 3.59. The molecule has 1 aromatic carbocycles. The highest BCUT2D eigenvalue weighted by Crippen LogP contribution is 2.32. The van der Waals surface area contributed by atoms with Crippen molar-refractivity contribution in [2.24, 2.45) is 7.05 Å². The van der Waals surface area contributed by atoms with Gasteiger partial charge in [0.1, 0.15) is 11.4 Å². The van der Waals surface area contributed by atoms with Crippen LogP contribution in [0.15, 0.2) is 22.8 Å². The number of halogens is 1. The van der Waals surface area contributed by atoms with Crippen LogP contribution in [0.3, 0.4) is 0 Å². The summed E-state index contributed by atoms with van der Waals surface area (Å²) >= 11 is 3.48. The lowest BCUT2D eigenvalue weighted by atomic mass is 10.1. The second-order valence-corrected chi connectivity index (χ2v) is 5.82. The first-order valence-corrected chi connectivity index (χ1v) is 7.35. The van der Waals surface area contributed by atoms with Gasteiger partial charge in [0.15, 0.2) is 0 Å². The molecule has 0 radical (unpaired) electrons. The van der Waals surface area contributed by atoms with Crippen molar-refractivity contribution in [1.29, 1.82) is 0 Å². The predicted octanol–water partition coefficient (Wildman–Crippen LogP) is 1.63. The fourth-order valence-corrected chi connectivity index (χ4v) is 3.02. The van der Waals surface area contributed by atoms with Gasteiger partial charge in [-0.3, -0.25) is 9.48 Å². The summed E-state index contributed by atoms with van der Waals surface area (Å²) in [5, 5.41) is 6.82. The zero-order valence-electron chi connectivity index (χ0n) is 11.5. The second-order valence-electron chi connectivity index (χ2n) is 4.91. The van der Waals surface area contributed by atoms with E-state index < -0.39 is 0 Å². The molecule has 1 aliphatic heterocycles. The number of benzene rings is 1. The van der Waals surface area contributed by atoms with Crippen LogP contribution in [0.2, 0.25) is 0 Å². The summed E-state index contributed by atoms with van der Waals surface area (Å²) in [5.74, 6) is 0.621. The number of aryl methyl sites for hydroxylation is 1. The molecule has 0 saturated carbocycles. The Hall–Kier alpha value is -2.02. The number of anilines is 1. The minimum absolute atomic E-state index is 0.251. The van der Waals surface area contributed by atoms with Gasteiger partial charge in [0.25, 0.3) is 5.91 Å². The maximum Gasteiger partial charge on any atom is 0.271 e. The van der Waals surface area contributed by atoms with E-state index in [9.17, 15) is 4.79 Å². The van der Waals surface area contributed by atoms with Crippen LogP contribution in [0.1, 0.15) is 21.6 Å². The van der Waals surface area contributed by atoms with Crippen LogP contribution < -0.4 is 15.8 Å². The zero-order chi connectivity index (χ0) is 15.0. The average molecular weight is 351 g/mol. The molecule has 1 aliphatic rings. The molecule has 0 fully saturated rings. The van der Waals surface area contributed by atoms with Crippen LogP contribution in [0.4, 0.5) is 5.69 Å². The fourth-order valence-electron chi connectivity index (χ4n) is 2.47. The van der Waals surface area contributed by atoms with Gasteiger partial charge < -0.3 is 15.8 Å². The first-order valence-electron chi connectivity index (χ1n) is 6.56. The molecule has 0 atom stereocenters. The number of aromatic nitrogens is 2. The number of carbonyl (C=O) groups is 1. The molecule has 7 heteroatoms. The van der Waals surface area contributed by atoms with Gasteiger partial charge in [-0.1, -0.05) is 15.9 Å². The first-order chi connectivity index (χ1) is 10.1. The van der Waals surface area contributed by atoms with E-state index in [1.54, 1.807) is 7.05 Å². The number of nitrogens with zero attached hydrogens (tertiary/aromatic N) is 2. The van der Waals surface area contributed by atoms with Gasteiger partial charge in [-0.2, -0.15) is 5.10 Å². The van der Waals surface area contributed by atoms with E-state index >= 15 is 0 Å². The van der Waals surface area contributed by atoms with Gasteiger partial charge in [-0.15, -0.1) is 0 Å². The topological polar surface area (TPSA) is 82.2 Å². The van der Waals surface area contributed by atoms with Crippen molar-refractivity contribution < 1.29 is 9.53 Å². The number of amides is 1. The van der Waals surface area contributed by atoms with Crippen molar-refractivity contribution in [3.63, 3.8) is 0 Å². The van der Waals surface area contributed by atoms with Crippen molar-refractivity contribution in [3.8, 4) is 5.75 Å². The summed E-state index contributed by atoms with van der Waals surface area (Å²) in [5.41, 5.74) is 8.59. The number of nitrogens with one attached hydrogen (secondary N) is 1. The van der Waals surface area contributed by atoms with E-state index in [2.05, 4.69) is 26.3 Å². The van der Waals surface area contributed by atoms with Gasteiger partial charge in [0, 0.05) is 30.0 Å². The van der Waals surface area contributed by atoms with E-state index in [0.29, 0.717) is 24.5 Å². The Morgan fingerprint density at radius 1 is 1.57 bits per heavy atom. The fraction of sp³-hybridized carbons (Fsp3) is 0.286. The third-order valence-corrected chi connectivity index (χ3v) is 3.90. The maximum atomic E-state index is 12.2. The Bertz CT molecular complexity index is 692. The molecule has 2 aromatic rings. The van der Waals surface area contributed by atoms with Gasteiger partial charge in [0.05, 0.1) is 18.5 Å². The molecule has 2 heterocycles. The van der Waals surface area contributed by atoms with Gasteiger partial charge in [0.2, 0.25) is 0 Å². The highest BCUT2D eigenvalue weighted by atomic mass is 79.9. The van der Waals surface area contributed by atoms with Crippen LogP contribution in [-0.4, -0.2) is 22.3 Å². The molecular formula is C14H15BrN4O2. The molecule has 1 aromatic heterocycles. The van der Waals surface area contributed by atoms with Crippen LogP contribution >= 0.6 is 15.9 Å². The van der Waals surface area contributed by atoms with Gasteiger partial charge >= 0.3 is 0 Å². The number of hydrogen-bond acceptors (Lipinski definition) is 4. The van der Waals surface area contributed by atoms with E-state index in [1.807, 2.05) is 12.1 Å². The molecule has 0 aliphatic carbocycles. The van der Waals surface area contributed by atoms with E-state index in [-0.39, 0.29) is 5.91 Å². The lowest BCUT2D eigenvalue weighted by Gasteiger charge is -2.11. The Morgan fingerprint density at radius 3 is 3.10 bits per heavy atom. The lowest BCUT2D eigenvalue weighted by molar-refractivity contribution is 0.0942. The van der Waals surface area contributed by atoms with E-state index in [1.165, 1.54) is 10.9 Å². The van der Waals surface area contributed by atoms with Crippen molar-refractivity contribution in [3.05, 3.63) is 39.6 Å². The van der Waals surface area contributed by atoms with Crippen molar-refractivity contribution >= 4 is 27.5 Å². The highest BCUT2D eigenvalue weighted by Gasteiger charge is 2.19.